The molecule has 0 saturated carbocycles. The quantitative estimate of drug-likeness (QED) is 0.836. The van der Waals surface area contributed by atoms with Crippen molar-refractivity contribution < 1.29 is 14.3 Å². The van der Waals surface area contributed by atoms with Gasteiger partial charge in [0, 0.05) is 25.6 Å². The molecule has 1 aliphatic heterocycles. The summed E-state index contributed by atoms with van der Waals surface area (Å²) >= 11 is 0. The summed E-state index contributed by atoms with van der Waals surface area (Å²) in [4.78, 5) is 25.7. The van der Waals surface area contributed by atoms with Crippen LogP contribution in [0.3, 0.4) is 0 Å². The Morgan fingerprint density at radius 1 is 1.39 bits per heavy atom. The van der Waals surface area contributed by atoms with Gasteiger partial charge in [0.15, 0.2) is 0 Å². The second-order valence-corrected chi connectivity index (χ2v) is 6.13. The molecule has 1 aliphatic rings. The molecule has 1 fully saturated rings. The number of benzene rings is 1. The second-order valence-electron chi connectivity index (χ2n) is 6.13. The molecule has 5 nitrogen and oxygen atoms in total. The summed E-state index contributed by atoms with van der Waals surface area (Å²) < 4.78 is 5.14. The zero-order valence-electron chi connectivity index (χ0n) is 14.2. The third kappa shape index (κ3) is 4.71. The number of hydrogen-bond donors (Lipinski definition) is 1. The number of rotatable bonds is 7. The van der Waals surface area contributed by atoms with Gasteiger partial charge in [0.1, 0.15) is 5.75 Å². The number of hydrogen-bond acceptors (Lipinski definition) is 3. The molecule has 5 heteroatoms. The van der Waals surface area contributed by atoms with E-state index in [9.17, 15) is 9.59 Å². The van der Waals surface area contributed by atoms with Crippen LogP contribution in [0, 0.1) is 5.92 Å². The van der Waals surface area contributed by atoms with Crippen LogP contribution >= 0.6 is 0 Å². The van der Waals surface area contributed by atoms with Gasteiger partial charge in [-0.2, -0.15) is 0 Å². The van der Waals surface area contributed by atoms with Gasteiger partial charge >= 0.3 is 0 Å². The Balaban J connectivity index is 1.76. The highest BCUT2D eigenvalue weighted by molar-refractivity contribution is 5.89. The van der Waals surface area contributed by atoms with Crippen LogP contribution in [0.25, 0.3) is 0 Å². The maximum Gasteiger partial charge on any atom is 0.225 e. The normalized spacial score (nSPS) is 18.8. The van der Waals surface area contributed by atoms with E-state index in [4.69, 9.17) is 4.74 Å². The fraction of sp³-hybridized carbons (Fsp3) is 0.556. The van der Waals surface area contributed by atoms with Crippen molar-refractivity contribution in [3.05, 3.63) is 29.8 Å². The molecular formula is C18H26N2O3. The van der Waals surface area contributed by atoms with Crippen LogP contribution in [0.5, 0.6) is 5.75 Å². The molecule has 126 valence electrons. The lowest BCUT2D eigenvalue weighted by Gasteiger charge is -2.17. The van der Waals surface area contributed by atoms with E-state index in [0.29, 0.717) is 19.5 Å². The summed E-state index contributed by atoms with van der Waals surface area (Å²) in [7, 11) is 1.65. The molecule has 1 saturated heterocycles. The van der Waals surface area contributed by atoms with E-state index >= 15 is 0 Å². The first-order valence-corrected chi connectivity index (χ1v) is 8.24. The van der Waals surface area contributed by atoms with Gasteiger partial charge < -0.3 is 15.0 Å². The van der Waals surface area contributed by atoms with E-state index in [-0.39, 0.29) is 23.8 Å². The highest BCUT2D eigenvalue weighted by atomic mass is 16.5. The van der Waals surface area contributed by atoms with Gasteiger partial charge in [-0.25, -0.2) is 0 Å². The fourth-order valence-electron chi connectivity index (χ4n) is 2.86. The maximum absolute atomic E-state index is 12.3. The molecule has 0 aliphatic carbocycles. The molecule has 0 bridgehead atoms. The number of amides is 2. The first-order valence-electron chi connectivity index (χ1n) is 8.24. The number of ether oxygens (including phenoxy) is 1. The van der Waals surface area contributed by atoms with E-state index in [2.05, 4.69) is 5.32 Å². The van der Waals surface area contributed by atoms with Gasteiger partial charge in [-0.05, 0) is 44.4 Å². The summed E-state index contributed by atoms with van der Waals surface area (Å²) in [6.45, 7) is 5.17. The van der Waals surface area contributed by atoms with Crippen LogP contribution in [-0.2, 0) is 16.0 Å². The van der Waals surface area contributed by atoms with Gasteiger partial charge in [0.05, 0.1) is 13.0 Å². The number of nitrogens with one attached hydrogen (secondary N) is 1. The molecule has 0 aromatic heterocycles. The standard InChI is InChI=1S/C18H26N2O3/c1-4-20-12-15(11-17(20)21)18(22)19-13(2)5-6-14-7-9-16(23-3)10-8-14/h7-10,13,15H,4-6,11-12H2,1-3H3,(H,19,22). The first kappa shape index (κ1) is 17.3. The Bertz CT molecular complexity index is 542. The molecule has 0 spiro atoms. The lowest BCUT2D eigenvalue weighted by molar-refractivity contribution is -0.129. The van der Waals surface area contributed by atoms with Gasteiger partial charge in [-0.15, -0.1) is 0 Å². The zero-order chi connectivity index (χ0) is 16.8. The monoisotopic (exact) mass is 318 g/mol. The first-order chi connectivity index (χ1) is 11.0. The van der Waals surface area contributed by atoms with E-state index in [1.165, 1.54) is 5.56 Å². The second kappa shape index (κ2) is 7.99. The zero-order valence-corrected chi connectivity index (χ0v) is 14.2. The van der Waals surface area contributed by atoms with Crippen LogP contribution in [0.15, 0.2) is 24.3 Å². The molecule has 1 aromatic rings. The van der Waals surface area contributed by atoms with Crippen molar-refractivity contribution in [3.63, 3.8) is 0 Å². The number of aryl methyl sites for hydroxylation is 1. The summed E-state index contributed by atoms with van der Waals surface area (Å²) in [5.41, 5.74) is 1.22. The number of likely N-dealkylation sites (tertiary alicyclic amines) is 1. The highest BCUT2D eigenvalue weighted by Gasteiger charge is 2.33. The Morgan fingerprint density at radius 2 is 2.09 bits per heavy atom. The van der Waals surface area contributed by atoms with E-state index in [1.54, 1.807) is 12.0 Å². The average Bonchev–Trinajstić information content (AvgIpc) is 2.94. The van der Waals surface area contributed by atoms with E-state index in [1.807, 2.05) is 38.1 Å². The largest absolute Gasteiger partial charge is 0.497 e. The van der Waals surface area contributed by atoms with Crippen LogP contribution in [-0.4, -0.2) is 43.0 Å². The van der Waals surface area contributed by atoms with Crippen molar-refractivity contribution >= 4 is 11.8 Å². The molecule has 2 atom stereocenters. The predicted molar refractivity (Wildman–Crippen MR) is 89.3 cm³/mol. The Kier molecular flexibility index (Phi) is 6.02. The smallest absolute Gasteiger partial charge is 0.225 e. The molecule has 2 unspecified atom stereocenters. The van der Waals surface area contributed by atoms with E-state index < -0.39 is 0 Å². The Morgan fingerprint density at radius 3 is 2.65 bits per heavy atom. The van der Waals surface area contributed by atoms with Crippen molar-refractivity contribution in [3.8, 4) is 5.75 Å². The molecule has 2 rings (SSSR count). The third-order valence-electron chi connectivity index (χ3n) is 4.38. The minimum atomic E-state index is -0.203. The van der Waals surface area contributed by atoms with Crippen molar-refractivity contribution in [2.45, 2.75) is 39.2 Å². The van der Waals surface area contributed by atoms with Crippen LogP contribution in [0.1, 0.15) is 32.3 Å². The van der Waals surface area contributed by atoms with Gasteiger partial charge in [-0.3, -0.25) is 9.59 Å². The number of carbonyl (C=O) groups is 2. The minimum absolute atomic E-state index is 0.00321. The summed E-state index contributed by atoms with van der Waals surface area (Å²) in [6.07, 6.45) is 2.11. The molecule has 1 heterocycles. The van der Waals surface area contributed by atoms with Crippen LogP contribution in [0.4, 0.5) is 0 Å². The summed E-state index contributed by atoms with van der Waals surface area (Å²) in [5.74, 6) is 0.724. The predicted octanol–water partition coefficient (Wildman–Crippen LogP) is 2.00. The van der Waals surface area contributed by atoms with Gasteiger partial charge in [-0.1, -0.05) is 12.1 Å². The van der Waals surface area contributed by atoms with Crippen LogP contribution < -0.4 is 10.1 Å². The Labute approximate surface area is 138 Å². The Hall–Kier alpha value is -2.04. The molecule has 2 amide bonds. The van der Waals surface area contributed by atoms with Crippen LogP contribution in [0.2, 0.25) is 0 Å². The van der Waals surface area contributed by atoms with Crippen molar-refractivity contribution in [1.82, 2.24) is 10.2 Å². The molecule has 1 aromatic carbocycles. The minimum Gasteiger partial charge on any atom is -0.497 e. The topological polar surface area (TPSA) is 58.6 Å². The lowest BCUT2D eigenvalue weighted by atomic mass is 10.0. The summed E-state index contributed by atoms with van der Waals surface area (Å²) in [6, 6.07) is 8.07. The number of methoxy groups -OCH3 is 1. The highest BCUT2D eigenvalue weighted by Crippen LogP contribution is 2.18. The number of carbonyl (C=O) groups excluding carboxylic acids is 2. The van der Waals surface area contributed by atoms with Crippen molar-refractivity contribution in [2.75, 3.05) is 20.2 Å². The van der Waals surface area contributed by atoms with Crippen molar-refractivity contribution in [2.24, 2.45) is 5.92 Å². The molecule has 0 radical (unpaired) electrons. The van der Waals surface area contributed by atoms with Gasteiger partial charge in [0.25, 0.3) is 0 Å². The fourth-order valence-corrected chi connectivity index (χ4v) is 2.86. The number of nitrogens with zero attached hydrogens (tertiary/aromatic N) is 1. The van der Waals surface area contributed by atoms with Gasteiger partial charge in [0.2, 0.25) is 11.8 Å². The van der Waals surface area contributed by atoms with E-state index in [0.717, 1.165) is 18.6 Å². The SMILES string of the molecule is CCN1CC(C(=O)NC(C)CCc2ccc(OC)cc2)CC1=O. The summed E-state index contributed by atoms with van der Waals surface area (Å²) in [5, 5.41) is 3.04. The lowest BCUT2D eigenvalue weighted by Crippen LogP contribution is -2.38. The molecule has 23 heavy (non-hydrogen) atoms. The third-order valence-corrected chi connectivity index (χ3v) is 4.38. The van der Waals surface area contributed by atoms with Crippen molar-refractivity contribution in [1.29, 1.82) is 0 Å². The molecule has 1 N–H and O–H groups in total. The molecular weight excluding hydrogens is 292 g/mol. The maximum atomic E-state index is 12.3. The average molecular weight is 318 g/mol.